The third kappa shape index (κ3) is 4.51. The summed E-state index contributed by atoms with van der Waals surface area (Å²) in [6, 6.07) is 21.7. The van der Waals surface area contributed by atoms with Crippen LogP contribution in [0.3, 0.4) is 0 Å². The van der Waals surface area contributed by atoms with Gasteiger partial charge in [0, 0.05) is 13.1 Å². The molecule has 31 heavy (non-hydrogen) atoms. The first-order valence-corrected chi connectivity index (χ1v) is 11.0. The lowest BCUT2D eigenvalue weighted by Crippen LogP contribution is -2.39. The van der Waals surface area contributed by atoms with Gasteiger partial charge >= 0.3 is 6.09 Å². The van der Waals surface area contributed by atoms with Crippen LogP contribution in [0.1, 0.15) is 43.0 Å². The smallest absolute Gasteiger partial charge is 0.410 e. The van der Waals surface area contributed by atoms with Crippen LogP contribution >= 0.6 is 0 Å². The average Bonchev–Trinajstić information content (AvgIpc) is 2.72. The summed E-state index contributed by atoms with van der Waals surface area (Å²) in [5.74, 6) is 0. The zero-order chi connectivity index (χ0) is 22.2. The molecule has 1 aliphatic heterocycles. The predicted octanol–water partition coefficient (Wildman–Crippen LogP) is 6.93. The molecule has 1 heterocycles. The second-order valence-electron chi connectivity index (χ2n) is 9.43. The van der Waals surface area contributed by atoms with E-state index in [4.69, 9.17) is 4.74 Å². The van der Waals surface area contributed by atoms with Crippen LogP contribution < -0.4 is 0 Å². The van der Waals surface area contributed by atoms with Gasteiger partial charge in [-0.15, -0.1) is 0 Å². The number of fused-ring (bicyclic) bond motifs is 1. The lowest BCUT2D eigenvalue weighted by Gasteiger charge is -2.31. The maximum Gasteiger partial charge on any atom is 0.410 e. The molecule has 0 spiro atoms. The number of amides is 1. The molecular formula is C28H31NO2. The zero-order valence-corrected chi connectivity index (χ0v) is 19.2. The molecule has 0 atom stereocenters. The van der Waals surface area contributed by atoms with Crippen LogP contribution in [0, 0.1) is 13.8 Å². The number of rotatable bonds is 2. The van der Waals surface area contributed by atoms with Crippen LogP contribution in [0.5, 0.6) is 0 Å². The molecule has 0 unspecified atom stereocenters. The molecule has 0 bridgehead atoms. The molecule has 3 aromatic rings. The topological polar surface area (TPSA) is 29.5 Å². The molecule has 0 aromatic heterocycles. The first kappa shape index (κ1) is 21.2. The van der Waals surface area contributed by atoms with Crippen molar-refractivity contribution in [2.45, 2.75) is 53.2 Å². The maximum absolute atomic E-state index is 12.5. The van der Waals surface area contributed by atoms with E-state index in [9.17, 15) is 4.79 Å². The minimum absolute atomic E-state index is 0.232. The minimum atomic E-state index is -0.471. The van der Waals surface area contributed by atoms with E-state index in [2.05, 4.69) is 74.5 Å². The van der Waals surface area contributed by atoms with Crippen LogP contribution in [-0.2, 0) is 17.7 Å². The van der Waals surface area contributed by atoms with Crippen molar-refractivity contribution >= 4 is 6.09 Å². The minimum Gasteiger partial charge on any atom is -0.444 e. The Hall–Kier alpha value is -3.07. The van der Waals surface area contributed by atoms with Gasteiger partial charge in [-0.05, 0) is 85.5 Å². The summed E-state index contributed by atoms with van der Waals surface area (Å²) in [5.41, 5.74) is 9.69. The van der Waals surface area contributed by atoms with E-state index in [0.29, 0.717) is 13.1 Å². The van der Waals surface area contributed by atoms with Gasteiger partial charge in [-0.2, -0.15) is 0 Å². The average molecular weight is 414 g/mol. The van der Waals surface area contributed by atoms with Gasteiger partial charge in [0.05, 0.1) is 0 Å². The van der Waals surface area contributed by atoms with Crippen molar-refractivity contribution in [3.05, 3.63) is 82.9 Å². The highest BCUT2D eigenvalue weighted by Gasteiger charge is 2.26. The highest BCUT2D eigenvalue weighted by atomic mass is 16.6. The zero-order valence-electron chi connectivity index (χ0n) is 19.2. The largest absolute Gasteiger partial charge is 0.444 e. The Balaban J connectivity index is 1.62. The molecule has 4 rings (SSSR count). The first-order chi connectivity index (χ1) is 14.7. The van der Waals surface area contributed by atoms with Crippen LogP contribution in [0.2, 0.25) is 0 Å². The predicted molar refractivity (Wildman–Crippen MR) is 127 cm³/mol. The lowest BCUT2D eigenvalue weighted by atomic mass is 9.89. The molecule has 3 heteroatoms. The Morgan fingerprint density at radius 2 is 1.58 bits per heavy atom. The third-order valence-corrected chi connectivity index (χ3v) is 5.95. The van der Waals surface area contributed by atoms with Crippen molar-refractivity contribution in [3.8, 4) is 22.3 Å². The Bertz CT molecular complexity index is 1120. The molecule has 3 aromatic carbocycles. The van der Waals surface area contributed by atoms with Gasteiger partial charge in [0.1, 0.15) is 5.60 Å². The molecule has 0 radical (unpaired) electrons. The Kier molecular flexibility index (Phi) is 5.62. The Morgan fingerprint density at radius 1 is 0.871 bits per heavy atom. The number of hydrogen-bond donors (Lipinski definition) is 0. The normalized spacial score (nSPS) is 13.6. The first-order valence-electron chi connectivity index (χ1n) is 11.0. The molecule has 3 nitrogen and oxygen atoms in total. The van der Waals surface area contributed by atoms with Crippen molar-refractivity contribution in [1.82, 2.24) is 4.90 Å². The van der Waals surface area contributed by atoms with Crippen molar-refractivity contribution in [1.29, 1.82) is 0 Å². The summed E-state index contributed by atoms with van der Waals surface area (Å²) < 4.78 is 5.55. The van der Waals surface area contributed by atoms with E-state index in [0.717, 1.165) is 6.42 Å². The summed E-state index contributed by atoms with van der Waals surface area (Å²) in [6.45, 7) is 11.4. The number of nitrogens with zero attached hydrogens (tertiary/aromatic N) is 1. The van der Waals surface area contributed by atoms with E-state index in [-0.39, 0.29) is 6.09 Å². The van der Waals surface area contributed by atoms with Crippen LogP contribution in [0.25, 0.3) is 22.3 Å². The fraction of sp³-hybridized carbons (Fsp3) is 0.321. The highest BCUT2D eigenvalue weighted by molar-refractivity contribution is 5.80. The Labute approximate surface area is 185 Å². The fourth-order valence-corrected chi connectivity index (χ4v) is 4.32. The monoisotopic (exact) mass is 413 g/mol. The lowest BCUT2D eigenvalue weighted by molar-refractivity contribution is 0.0224. The van der Waals surface area contributed by atoms with E-state index in [1.165, 1.54) is 44.5 Å². The summed E-state index contributed by atoms with van der Waals surface area (Å²) in [7, 11) is 0. The SMILES string of the molecule is Cc1ccccc1-c1cccc(-c2ccc3c(c2)CCN(C(=O)OC(C)(C)C)C3)c1C. The number of carbonyl (C=O) groups is 1. The molecule has 0 aliphatic carbocycles. The van der Waals surface area contributed by atoms with E-state index in [1.807, 2.05) is 20.8 Å². The second-order valence-corrected chi connectivity index (χ2v) is 9.43. The maximum atomic E-state index is 12.5. The van der Waals surface area contributed by atoms with E-state index >= 15 is 0 Å². The fourth-order valence-electron chi connectivity index (χ4n) is 4.32. The van der Waals surface area contributed by atoms with Gasteiger partial charge in [-0.1, -0.05) is 60.7 Å². The number of carbonyl (C=O) groups excluding carboxylic acids is 1. The molecule has 0 saturated carbocycles. The Morgan fingerprint density at radius 3 is 2.32 bits per heavy atom. The number of benzene rings is 3. The van der Waals surface area contributed by atoms with Crippen LogP contribution in [0.15, 0.2) is 60.7 Å². The van der Waals surface area contributed by atoms with Crippen molar-refractivity contribution in [3.63, 3.8) is 0 Å². The standard InChI is InChI=1S/C28H31NO2/c1-19-9-6-7-10-24(19)26-12-8-11-25(20(26)2)22-13-14-23-18-29(16-15-21(23)17-22)27(30)31-28(3,4)5/h6-14,17H,15-16,18H2,1-5H3. The van der Waals surface area contributed by atoms with Gasteiger partial charge < -0.3 is 9.64 Å². The molecule has 0 N–H and O–H groups in total. The summed E-state index contributed by atoms with van der Waals surface area (Å²) >= 11 is 0. The molecular weight excluding hydrogens is 382 g/mol. The molecule has 1 aliphatic rings. The van der Waals surface area contributed by atoms with Gasteiger partial charge in [-0.25, -0.2) is 4.79 Å². The molecule has 1 amide bonds. The summed E-state index contributed by atoms with van der Waals surface area (Å²) in [5, 5.41) is 0. The van der Waals surface area contributed by atoms with Gasteiger partial charge in [0.25, 0.3) is 0 Å². The number of hydrogen-bond acceptors (Lipinski definition) is 2. The number of ether oxygens (including phenoxy) is 1. The highest BCUT2D eigenvalue weighted by Crippen LogP contribution is 2.34. The van der Waals surface area contributed by atoms with Crippen LogP contribution in [-0.4, -0.2) is 23.1 Å². The molecule has 0 fully saturated rings. The molecule has 160 valence electrons. The van der Waals surface area contributed by atoms with Crippen LogP contribution in [0.4, 0.5) is 4.79 Å². The molecule has 0 saturated heterocycles. The van der Waals surface area contributed by atoms with E-state index < -0.39 is 5.60 Å². The second kappa shape index (κ2) is 8.22. The quantitative estimate of drug-likeness (QED) is 0.456. The van der Waals surface area contributed by atoms with Crippen molar-refractivity contribution in [2.75, 3.05) is 6.54 Å². The van der Waals surface area contributed by atoms with Crippen molar-refractivity contribution in [2.24, 2.45) is 0 Å². The van der Waals surface area contributed by atoms with Crippen molar-refractivity contribution < 1.29 is 9.53 Å². The van der Waals surface area contributed by atoms with Gasteiger partial charge in [-0.3, -0.25) is 0 Å². The third-order valence-electron chi connectivity index (χ3n) is 5.95. The summed E-state index contributed by atoms with van der Waals surface area (Å²) in [6.07, 6.45) is 0.614. The summed E-state index contributed by atoms with van der Waals surface area (Å²) in [4.78, 5) is 14.3. The van der Waals surface area contributed by atoms with E-state index in [1.54, 1.807) is 4.90 Å². The van der Waals surface area contributed by atoms with Gasteiger partial charge in [0.15, 0.2) is 0 Å². The van der Waals surface area contributed by atoms with Gasteiger partial charge in [0.2, 0.25) is 0 Å². The number of aryl methyl sites for hydroxylation is 1.